The van der Waals surface area contributed by atoms with Gasteiger partial charge < -0.3 is 9.16 Å². The fraction of sp³-hybridized carbons (Fsp3) is 0.484. The number of amides is 1. The van der Waals surface area contributed by atoms with E-state index < -0.39 is 63.9 Å². The Kier molecular flexibility index (Phi) is 9.68. The number of fused-ring (bicyclic) bond motifs is 1. The molecule has 1 fully saturated rings. The molecule has 49 heavy (non-hydrogen) atoms. The van der Waals surface area contributed by atoms with Crippen molar-refractivity contribution in [3.05, 3.63) is 59.2 Å². The molecule has 1 amide bonds. The number of carbonyl (C=O) groups excluding carboxylic acids is 2. The van der Waals surface area contributed by atoms with Gasteiger partial charge in [0.1, 0.15) is 17.7 Å². The predicted octanol–water partition coefficient (Wildman–Crippen LogP) is 5.64. The maximum atomic E-state index is 14.0. The molecule has 18 heteroatoms. The fourth-order valence-electron chi connectivity index (χ4n) is 5.79. The van der Waals surface area contributed by atoms with E-state index in [0.717, 1.165) is 4.31 Å². The molecule has 3 aliphatic heterocycles. The predicted molar refractivity (Wildman–Crippen MR) is 181 cm³/mol. The van der Waals surface area contributed by atoms with Gasteiger partial charge in [-0.3, -0.25) is 18.2 Å². The lowest BCUT2D eigenvalue weighted by Gasteiger charge is -2.48. The van der Waals surface area contributed by atoms with Crippen LogP contribution in [0.3, 0.4) is 0 Å². The van der Waals surface area contributed by atoms with Crippen molar-refractivity contribution in [1.29, 1.82) is 0 Å². The third kappa shape index (κ3) is 6.43. The van der Waals surface area contributed by atoms with Gasteiger partial charge in [-0.1, -0.05) is 63.4 Å². The Morgan fingerprint density at radius 3 is 2.45 bits per heavy atom. The van der Waals surface area contributed by atoms with Crippen LogP contribution >= 0.6 is 11.8 Å². The minimum atomic E-state index is -5.81. The molecule has 0 spiro atoms. The number of alkyl halides is 3. The van der Waals surface area contributed by atoms with Gasteiger partial charge >= 0.3 is 21.6 Å². The lowest BCUT2D eigenvalue weighted by atomic mass is 9.92. The second kappa shape index (κ2) is 12.7. The molecule has 1 saturated heterocycles. The van der Waals surface area contributed by atoms with Crippen LogP contribution in [0.15, 0.2) is 58.5 Å². The number of hydrogen-bond acceptors (Lipinski definition) is 10. The number of esters is 1. The van der Waals surface area contributed by atoms with E-state index in [4.69, 9.17) is 9.16 Å². The number of nitrogens with zero attached hydrogens (tertiary/aromatic N) is 2. The van der Waals surface area contributed by atoms with Crippen LogP contribution in [0.1, 0.15) is 33.3 Å². The fourth-order valence-corrected chi connectivity index (χ4v) is 11.0. The zero-order valence-corrected chi connectivity index (χ0v) is 31.1. The minimum Gasteiger partial charge on any atom is -0.457 e. The van der Waals surface area contributed by atoms with Gasteiger partial charge in [0.2, 0.25) is 5.91 Å². The maximum Gasteiger partial charge on any atom is 0.523 e. The van der Waals surface area contributed by atoms with Crippen LogP contribution in [-0.4, -0.2) is 78.7 Å². The molecular formula is C31H37F3N2O9S3Si. The standard InChI is InChI=1S/C31H37F3N2O9S3Si/c1-8-15-43-29(38)26-22(46-28-24(27(37)36(26)28)18(2)45-49(6,7)30(3,4)5)17-35-21-11-9-10-20-19(12-13-23(25(20)21)47(35,39)40)14-16-44-48(41,42)31(32,33)34/h8-13,18,24,28H,1,14-17H2,2-7H3/t18-,24?,28?/m0/s1. The van der Waals surface area contributed by atoms with Gasteiger partial charge in [0.05, 0.1) is 35.8 Å². The van der Waals surface area contributed by atoms with Gasteiger partial charge in [-0.25, -0.2) is 13.2 Å². The topological polar surface area (TPSA) is 137 Å². The summed E-state index contributed by atoms with van der Waals surface area (Å²) in [5.41, 5.74) is -5.02. The van der Waals surface area contributed by atoms with Gasteiger partial charge in [0.15, 0.2) is 8.32 Å². The highest BCUT2D eigenvalue weighted by Crippen LogP contribution is 2.53. The highest BCUT2D eigenvalue weighted by atomic mass is 32.2. The van der Waals surface area contributed by atoms with E-state index in [1.807, 2.05) is 6.92 Å². The smallest absolute Gasteiger partial charge is 0.457 e. The van der Waals surface area contributed by atoms with Crippen molar-refractivity contribution in [1.82, 2.24) is 4.90 Å². The van der Waals surface area contributed by atoms with Crippen LogP contribution in [-0.2, 0) is 49.5 Å². The second-order valence-corrected chi connectivity index (χ2v) is 22.8. The molecule has 5 rings (SSSR count). The summed E-state index contributed by atoms with van der Waals surface area (Å²) in [7, 11) is -12.3. The highest BCUT2D eigenvalue weighted by Gasteiger charge is 2.59. The van der Waals surface area contributed by atoms with Crippen LogP contribution in [0.4, 0.5) is 18.9 Å². The first kappa shape index (κ1) is 37.4. The summed E-state index contributed by atoms with van der Waals surface area (Å²) in [6.07, 6.45) is 0.635. The number of rotatable bonds is 12. The Balaban J connectivity index is 1.46. The summed E-state index contributed by atoms with van der Waals surface area (Å²) >= 11 is 1.20. The average Bonchev–Trinajstić information content (AvgIpc) is 3.41. The number of sulfonamides is 1. The molecule has 0 saturated carbocycles. The summed E-state index contributed by atoms with van der Waals surface area (Å²) in [6.45, 7) is 14.5. The average molecular weight is 763 g/mol. The Morgan fingerprint density at radius 1 is 1.16 bits per heavy atom. The third-order valence-corrected chi connectivity index (χ3v) is 18.0. The molecule has 0 aliphatic carbocycles. The van der Waals surface area contributed by atoms with E-state index in [1.165, 1.54) is 34.9 Å². The first-order valence-electron chi connectivity index (χ1n) is 15.3. The van der Waals surface area contributed by atoms with Crippen molar-refractivity contribution in [2.75, 3.05) is 24.1 Å². The number of thioether (sulfide) groups is 1. The molecule has 0 bridgehead atoms. The van der Waals surface area contributed by atoms with Crippen molar-refractivity contribution in [3.8, 4) is 0 Å². The molecule has 268 valence electrons. The van der Waals surface area contributed by atoms with Crippen LogP contribution in [0, 0.1) is 5.92 Å². The first-order chi connectivity index (χ1) is 22.5. The summed E-state index contributed by atoms with van der Waals surface area (Å²) in [4.78, 5) is 28.6. The number of anilines is 1. The van der Waals surface area contributed by atoms with Gasteiger partial charge in [-0.2, -0.15) is 21.6 Å². The van der Waals surface area contributed by atoms with Crippen LogP contribution in [0.2, 0.25) is 18.1 Å². The Morgan fingerprint density at radius 2 is 1.84 bits per heavy atom. The van der Waals surface area contributed by atoms with Crippen LogP contribution < -0.4 is 4.31 Å². The Bertz CT molecular complexity index is 1980. The van der Waals surface area contributed by atoms with E-state index in [2.05, 4.69) is 44.6 Å². The van der Waals surface area contributed by atoms with Crippen LogP contribution in [0.25, 0.3) is 10.8 Å². The molecule has 2 aromatic carbocycles. The Hall–Kier alpha value is -2.90. The van der Waals surface area contributed by atoms with Crippen molar-refractivity contribution in [2.24, 2.45) is 5.92 Å². The number of β-lactam (4-membered cyclic amide) rings is 1. The summed E-state index contributed by atoms with van der Waals surface area (Å²) in [6, 6.07) is 7.39. The lowest BCUT2D eigenvalue weighted by Crippen LogP contribution is -2.62. The van der Waals surface area contributed by atoms with E-state index in [0.29, 0.717) is 15.9 Å². The minimum absolute atomic E-state index is 0.0559. The van der Waals surface area contributed by atoms with E-state index in [-0.39, 0.29) is 52.2 Å². The largest absolute Gasteiger partial charge is 0.523 e. The molecule has 0 radical (unpaired) electrons. The molecule has 3 aliphatic rings. The van der Waals surface area contributed by atoms with E-state index in [9.17, 15) is 39.6 Å². The van der Waals surface area contributed by atoms with E-state index in [1.54, 1.807) is 18.2 Å². The molecule has 0 N–H and O–H groups in total. The Labute approximate surface area is 288 Å². The normalized spacial score (nSPS) is 21.2. The summed E-state index contributed by atoms with van der Waals surface area (Å²) in [5.74, 6) is -1.74. The molecule has 2 aromatic rings. The van der Waals surface area contributed by atoms with Crippen molar-refractivity contribution < 1.29 is 52.9 Å². The van der Waals surface area contributed by atoms with Crippen molar-refractivity contribution in [3.63, 3.8) is 0 Å². The molecule has 3 heterocycles. The number of carbonyl (C=O) groups is 2. The SMILES string of the molecule is C=CCOC(=O)C1=C(CN2c3cccc4c(CCOS(=O)(=O)C(F)(F)F)ccc(c34)S2(=O)=O)SC2C([C@H](C)O[Si](C)(C)C(C)(C)C)C(=O)N12. The monoisotopic (exact) mass is 762 g/mol. The number of benzene rings is 2. The number of halogens is 3. The van der Waals surface area contributed by atoms with Gasteiger partial charge in [-0.05, 0) is 54.6 Å². The molecule has 2 unspecified atom stereocenters. The molecule has 0 aromatic heterocycles. The summed E-state index contributed by atoms with van der Waals surface area (Å²) in [5, 5.41) is 0.0136. The third-order valence-electron chi connectivity index (χ3n) is 9.26. The summed E-state index contributed by atoms with van der Waals surface area (Å²) < 4.78 is 106. The number of ether oxygens (including phenoxy) is 1. The molecular weight excluding hydrogens is 726 g/mol. The molecule has 11 nitrogen and oxygen atoms in total. The highest BCUT2D eigenvalue weighted by molar-refractivity contribution is 8.04. The van der Waals surface area contributed by atoms with Crippen molar-refractivity contribution in [2.45, 2.75) is 74.1 Å². The lowest BCUT2D eigenvalue weighted by molar-refractivity contribution is -0.157. The molecule has 3 atom stereocenters. The van der Waals surface area contributed by atoms with Gasteiger partial charge in [-0.15, -0.1) is 0 Å². The second-order valence-electron chi connectivity index (χ2n) is 13.4. The number of hydrogen-bond donors (Lipinski definition) is 0. The maximum absolute atomic E-state index is 14.0. The van der Waals surface area contributed by atoms with Crippen molar-refractivity contribution >= 4 is 68.6 Å². The van der Waals surface area contributed by atoms with E-state index >= 15 is 0 Å². The first-order valence-corrected chi connectivity index (χ1v) is 21.9. The van der Waals surface area contributed by atoms with Gasteiger partial charge in [0.25, 0.3) is 10.0 Å². The van der Waals surface area contributed by atoms with Crippen LogP contribution in [0.5, 0.6) is 0 Å². The van der Waals surface area contributed by atoms with Gasteiger partial charge in [0, 0.05) is 10.3 Å². The zero-order valence-electron chi connectivity index (χ0n) is 27.7. The quantitative estimate of drug-likeness (QED) is 0.0668. The zero-order chi connectivity index (χ0) is 36.5.